The van der Waals surface area contributed by atoms with Crippen molar-refractivity contribution in [3.05, 3.63) is 76.3 Å². The van der Waals surface area contributed by atoms with Crippen molar-refractivity contribution in [1.82, 2.24) is 9.97 Å². The molecule has 2 N–H and O–H groups in total. The topological polar surface area (TPSA) is 93.3 Å². The summed E-state index contributed by atoms with van der Waals surface area (Å²) in [6.45, 7) is 1.47. The van der Waals surface area contributed by atoms with E-state index in [0.717, 1.165) is 11.3 Å². The summed E-state index contributed by atoms with van der Waals surface area (Å²) in [5.41, 5.74) is 2.85. The molecule has 7 nitrogen and oxygen atoms in total. The van der Waals surface area contributed by atoms with Gasteiger partial charge in [0.1, 0.15) is 11.6 Å². The summed E-state index contributed by atoms with van der Waals surface area (Å²) in [4.78, 5) is 32.8. The second-order valence-corrected chi connectivity index (χ2v) is 7.97. The lowest BCUT2D eigenvalue weighted by Gasteiger charge is -2.14. The van der Waals surface area contributed by atoms with E-state index in [1.54, 1.807) is 43.5 Å². The van der Waals surface area contributed by atoms with E-state index in [9.17, 15) is 9.59 Å². The van der Waals surface area contributed by atoms with Crippen LogP contribution in [-0.2, 0) is 9.53 Å². The number of rotatable bonds is 6. The number of fused-ring (bicyclic) bond motifs is 1. The smallest absolute Gasteiger partial charge is 0.338 e. The number of hydrogen-bond donors (Lipinski definition) is 2. The summed E-state index contributed by atoms with van der Waals surface area (Å²) in [5.74, 6) is 0.231. The molecule has 0 aliphatic heterocycles. The zero-order valence-electron chi connectivity index (χ0n) is 17.7. The maximum absolute atomic E-state index is 12.6. The van der Waals surface area contributed by atoms with Gasteiger partial charge in [-0.2, -0.15) is 0 Å². The number of nitrogens with zero attached hydrogens (tertiary/aromatic N) is 1. The summed E-state index contributed by atoms with van der Waals surface area (Å²) in [5, 5.41) is 3.13. The Bertz CT molecular complexity index is 1340. The molecule has 3 aromatic carbocycles. The number of carbonyl (C=O) groups is 2. The van der Waals surface area contributed by atoms with Gasteiger partial charge in [-0.05, 0) is 61.5 Å². The van der Waals surface area contributed by atoms with Gasteiger partial charge in [0, 0.05) is 5.56 Å². The van der Waals surface area contributed by atoms with Crippen LogP contribution in [0.25, 0.3) is 22.4 Å². The summed E-state index contributed by atoms with van der Waals surface area (Å²) in [6, 6.07) is 17.3. The Hall–Kier alpha value is -3.55. The molecule has 9 heteroatoms. The van der Waals surface area contributed by atoms with Crippen molar-refractivity contribution >= 4 is 51.8 Å². The summed E-state index contributed by atoms with van der Waals surface area (Å²) in [7, 11) is 1.60. The maximum Gasteiger partial charge on any atom is 0.338 e. The molecule has 0 saturated heterocycles. The third kappa shape index (κ3) is 4.94. The lowest BCUT2D eigenvalue weighted by atomic mass is 10.2. The highest BCUT2D eigenvalue weighted by atomic mass is 35.5. The van der Waals surface area contributed by atoms with Gasteiger partial charge in [0.15, 0.2) is 6.10 Å². The summed E-state index contributed by atoms with van der Waals surface area (Å²) in [6.07, 6.45) is -1.06. The minimum Gasteiger partial charge on any atom is -0.497 e. The fourth-order valence-corrected chi connectivity index (χ4v) is 3.49. The number of methoxy groups -OCH3 is 1. The van der Waals surface area contributed by atoms with E-state index in [-0.39, 0.29) is 10.6 Å². The van der Waals surface area contributed by atoms with Crippen molar-refractivity contribution in [3.63, 3.8) is 0 Å². The molecule has 1 heterocycles. The largest absolute Gasteiger partial charge is 0.497 e. The Morgan fingerprint density at radius 3 is 2.55 bits per heavy atom. The Morgan fingerprint density at radius 1 is 1.06 bits per heavy atom. The van der Waals surface area contributed by atoms with E-state index in [0.29, 0.717) is 27.6 Å². The second kappa shape index (κ2) is 9.52. The zero-order valence-corrected chi connectivity index (χ0v) is 19.2. The fourth-order valence-electron chi connectivity index (χ4n) is 3.14. The van der Waals surface area contributed by atoms with Gasteiger partial charge in [-0.1, -0.05) is 29.3 Å². The quantitative estimate of drug-likeness (QED) is 0.341. The van der Waals surface area contributed by atoms with Crippen LogP contribution >= 0.6 is 23.2 Å². The summed E-state index contributed by atoms with van der Waals surface area (Å²) >= 11 is 12.1. The minimum atomic E-state index is -1.06. The number of ether oxygens (including phenoxy) is 2. The van der Waals surface area contributed by atoms with Gasteiger partial charge >= 0.3 is 5.97 Å². The molecule has 33 heavy (non-hydrogen) atoms. The number of H-pyrrole nitrogens is 1. The van der Waals surface area contributed by atoms with Crippen LogP contribution in [0.4, 0.5) is 5.69 Å². The van der Waals surface area contributed by atoms with Crippen LogP contribution in [0.15, 0.2) is 60.7 Å². The molecular formula is C24H19Cl2N3O4. The highest BCUT2D eigenvalue weighted by molar-refractivity contribution is 6.44. The Morgan fingerprint density at radius 2 is 1.82 bits per heavy atom. The first-order valence-corrected chi connectivity index (χ1v) is 10.7. The van der Waals surface area contributed by atoms with Crippen molar-refractivity contribution in [2.75, 3.05) is 12.4 Å². The van der Waals surface area contributed by atoms with Gasteiger partial charge in [-0.3, -0.25) is 4.79 Å². The monoisotopic (exact) mass is 483 g/mol. The Balaban J connectivity index is 1.47. The molecule has 0 saturated carbocycles. The molecule has 0 radical (unpaired) electrons. The maximum atomic E-state index is 12.6. The van der Waals surface area contributed by atoms with Crippen LogP contribution in [0.5, 0.6) is 5.75 Å². The van der Waals surface area contributed by atoms with Gasteiger partial charge in [0.25, 0.3) is 5.91 Å². The first-order valence-electron chi connectivity index (χ1n) is 9.96. The molecule has 168 valence electrons. The van der Waals surface area contributed by atoms with Crippen LogP contribution < -0.4 is 10.1 Å². The predicted molar refractivity (Wildman–Crippen MR) is 128 cm³/mol. The number of imidazole rings is 1. The third-order valence-corrected chi connectivity index (χ3v) is 5.76. The van der Waals surface area contributed by atoms with Gasteiger partial charge in [-0.15, -0.1) is 0 Å². The molecule has 0 bridgehead atoms. The van der Waals surface area contributed by atoms with Crippen molar-refractivity contribution in [1.29, 1.82) is 0 Å². The Labute approximate surface area is 199 Å². The number of amides is 1. The SMILES string of the molecule is COc1ccc(-c2nc3ccc(C(=O)OC(C)C(=O)Nc4cccc(Cl)c4Cl)cc3[nH]2)cc1. The van der Waals surface area contributed by atoms with E-state index in [1.807, 2.05) is 24.3 Å². The standard InChI is InChI=1S/C24H19Cl2N3O4/c1-13(23(30)29-19-5-3-4-17(25)21(19)26)33-24(31)15-8-11-18-20(12-15)28-22(27-18)14-6-9-16(32-2)10-7-14/h3-13H,1-2H3,(H,27,28)(H,29,30). The lowest BCUT2D eigenvalue weighted by Crippen LogP contribution is -2.30. The van der Waals surface area contributed by atoms with Crippen LogP contribution in [0.2, 0.25) is 10.0 Å². The molecule has 0 aliphatic carbocycles. The zero-order chi connectivity index (χ0) is 23.5. The number of aromatic nitrogens is 2. The number of anilines is 1. The number of carbonyl (C=O) groups excluding carboxylic acids is 2. The van der Waals surface area contributed by atoms with Crippen LogP contribution in [0.3, 0.4) is 0 Å². The van der Waals surface area contributed by atoms with Crippen molar-refractivity contribution < 1.29 is 19.1 Å². The molecule has 0 spiro atoms. The van der Waals surface area contributed by atoms with Crippen molar-refractivity contribution in [2.24, 2.45) is 0 Å². The van der Waals surface area contributed by atoms with E-state index >= 15 is 0 Å². The number of aromatic amines is 1. The average Bonchev–Trinajstić information content (AvgIpc) is 3.25. The molecule has 0 fully saturated rings. The molecule has 4 rings (SSSR count). The van der Waals surface area contributed by atoms with Crippen molar-refractivity contribution in [3.8, 4) is 17.1 Å². The van der Waals surface area contributed by atoms with Gasteiger partial charge in [0.2, 0.25) is 0 Å². The highest BCUT2D eigenvalue weighted by Crippen LogP contribution is 2.29. The van der Waals surface area contributed by atoms with E-state index in [2.05, 4.69) is 15.3 Å². The van der Waals surface area contributed by atoms with Gasteiger partial charge < -0.3 is 19.8 Å². The second-order valence-electron chi connectivity index (χ2n) is 7.18. The lowest BCUT2D eigenvalue weighted by molar-refractivity contribution is -0.123. The van der Waals surface area contributed by atoms with E-state index < -0.39 is 18.0 Å². The number of benzene rings is 3. The highest BCUT2D eigenvalue weighted by Gasteiger charge is 2.21. The first kappa shape index (κ1) is 22.6. The number of hydrogen-bond acceptors (Lipinski definition) is 5. The fraction of sp³-hybridized carbons (Fsp3) is 0.125. The average molecular weight is 484 g/mol. The molecule has 0 aliphatic rings. The van der Waals surface area contributed by atoms with Crippen molar-refractivity contribution in [2.45, 2.75) is 13.0 Å². The summed E-state index contributed by atoms with van der Waals surface area (Å²) < 4.78 is 10.5. The Kier molecular flexibility index (Phi) is 6.53. The number of halogens is 2. The third-order valence-electron chi connectivity index (χ3n) is 4.94. The minimum absolute atomic E-state index is 0.211. The molecule has 1 amide bonds. The van der Waals surface area contributed by atoms with E-state index in [4.69, 9.17) is 32.7 Å². The molecule has 1 unspecified atom stereocenters. The first-order chi connectivity index (χ1) is 15.9. The van der Waals surface area contributed by atoms with Crippen LogP contribution in [-0.4, -0.2) is 35.1 Å². The van der Waals surface area contributed by atoms with Crippen LogP contribution in [0, 0.1) is 0 Å². The van der Waals surface area contributed by atoms with Crippen LogP contribution in [0.1, 0.15) is 17.3 Å². The van der Waals surface area contributed by atoms with Gasteiger partial charge in [0.05, 0.1) is 39.4 Å². The van der Waals surface area contributed by atoms with E-state index in [1.165, 1.54) is 6.92 Å². The van der Waals surface area contributed by atoms with Gasteiger partial charge in [-0.25, -0.2) is 9.78 Å². The number of esters is 1. The molecular weight excluding hydrogens is 465 g/mol. The molecule has 1 atom stereocenters. The molecule has 1 aromatic heterocycles. The number of nitrogens with one attached hydrogen (secondary N) is 2. The normalized spacial score (nSPS) is 11.8. The predicted octanol–water partition coefficient (Wildman–Crippen LogP) is 5.73. The molecule has 4 aromatic rings.